The molecule has 1 amide bonds. The third kappa shape index (κ3) is 2.60. The number of nitrogens with zero attached hydrogens (tertiary/aromatic N) is 2. The fraction of sp³-hybridized carbons (Fsp3) is 0.938. The Bertz CT molecular complexity index is 363. The van der Waals surface area contributed by atoms with Gasteiger partial charge in [-0.25, -0.2) is 0 Å². The molecule has 3 aliphatic rings. The minimum Gasteiger partial charge on any atom is -0.339 e. The van der Waals surface area contributed by atoms with Gasteiger partial charge in [0.2, 0.25) is 5.91 Å². The first-order valence-electron chi connectivity index (χ1n) is 8.33. The normalized spacial score (nSPS) is 32.2. The van der Waals surface area contributed by atoms with Gasteiger partial charge in [-0.1, -0.05) is 13.8 Å². The van der Waals surface area contributed by atoms with Gasteiger partial charge in [0.1, 0.15) is 0 Å². The van der Waals surface area contributed by atoms with Gasteiger partial charge in [-0.05, 0) is 51.2 Å². The number of carbonyl (C=O) groups excluding carboxylic acids is 1. The van der Waals surface area contributed by atoms with E-state index in [1.54, 1.807) is 0 Å². The van der Waals surface area contributed by atoms with Crippen LogP contribution in [0.1, 0.15) is 39.5 Å². The minimum atomic E-state index is -0.214. The van der Waals surface area contributed by atoms with Crippen molar-refractivity contribution in [2.24, 2.45) is 11.3 Å². The summed E-state index contributed by atoms with van der Waals surface area (Å²) < 4.78 is 0. The maximum atomic E-state index is 13.0. The van der Waals surface area contributed by atoms with E-state index in [-0.39, 0.29) is 5.41 Å². The summed E-state index contributed by atoms with van der Waals surface area (Å²) in [6.45, 7) is 10.6. The molecule has 0 aromatic rings. The number of amides is 1. The third-order valence-electron chi connectivity index (χ3n) is 5.74. The van der Waals surface area contributed by atoms with Gasteiger partial charge in [0.15, 0.2) is 0 Å². The van der Waals surface area contributed by atoms with Gasteiger partial charge in [-0.2, -0.15) is 0 Å². The number of hydrogen-bond acceptors (Lipinski definition) is 3. The van der Waals surface area contributed by atoms with Crippen LogP contribution in [-0.4, -0.2) is 61.0 Å². The second-order valence-corrected chi connectivity index (χ2v) is 7.35. The van der Waals surface area contributed by atoms with Gasteiger partial charge in [-0.3, -0.25) is 9.69 Å². The zero-order valence-electron chi connectivity index (χ0n) is 13.0. The Balaban J connectivity index is 1.64. The highest BCUT2D eigenvalue weighted by atomic mass is 16.2. The molecule has 1 N–H and O–H groups in total. The lowest BCUT2D eigenvalue weighted by atomic mass is 9.74. The van der Waals surface area contributed by atoms with Gasteiger partial charge in [-0.15, -0.1) is 0 Å². The smallest absolute Gasteiger partial charge is 0.228 e. The van der Waals surface area contributed by atoms with Crippen molar-refractivity contribution in [1.29, 1.82) is 0 Å². The Morgan fingerprint density at radius 3 is 2.75 bits per heavy atom. The van der Waals surface area contributed by atoms with Crippen LogP contribution >= 0.6 is 0 Å². The first kappa shape index (κ1) is 14.3. The molecule has 0 saturated carbocycles. The maximum absolute atomic E-state index is 13.0. The molecule has 0 radical (unpaired) electrons. The average molecular weight is 279 g/mol. The molecule has 0 aromatic heterocycles. The molecule has 2 atom stereocenters. The quantitative estimate of drug-likeness (QED) is 0.828. The van der Waals surface area contributed by atoms with Crippen molar-refractivity contribution in [3.05, 3.63) is 0 Å². The Hall–Kier alpha value is -0.610. The zero-order chi connectivity index (χ0) is 14.2. The van der Waals surface area contributed by atoms with E-state index in [0.717, 1.165) is 32.7 Å². The summed E-state index contributed by atoms with van der Waals surface area (Å²) >= 11 is 0. The lowest BCUT2D eigenvalue weighted by molar-refractivity contribution is -0.146. The van der Waals surface area contributed by atoms with Crippen molar-refractivity contribution in [2.75, 3.05) is 39.3 Å². The molecule has 20 heavy (non-hydrogen) atoms. The zero-order valence-corrected chi connectivity index (χ0v) is 13.0. The van der Waals surface area contributed by atoms with Crippen molar-refractivity contribution < 1.29 is 4.79 Å². The molecule has 0 bridgehead atoms. The number of carbonyl (C=O) groups is 1. The molecule has 3 aliphatic heterocycles. The SMILES string of the molecule is CC(C)(C(=O)N1CCN2CCCC2C1)C1CCCNC1. The van der Waals surface area contributed by atoms with Crippen LogP contribution in [0.2, 0.25) is 0 Å². The van der Waals surface area contributed by atoms with Crippen LogP contribution in [0.25, 0.3) is 0 Å². The molecular weight excluding hydrogens is 250 g/mol. The second-order valence-electron chi connectivity index (χ2n) is 7.35. The molecule has 3 saturated heterocycles. The number of hydrogen-bond donors (Lipinski definition) is 1. The largest absolute Gasteiger partial charge is 0.339 e. The fourth-order valence-corrected chi connectivity index (χ4v) is 4.23. The monoisotopic (exact) mass is 279 g/mol. The van der Waals surface area contributed by atoms with Crippen LogP contribution in [0.5, 0.6) is 0 Å². The Labute approximate surface area is 122 Å². The van der Waals surface area contributed by atoms with Gasteiger partial charge in [0, 0.05) is 31.1 Å². The summed E-state index contributed by atoms with van der Waals surface area (Å²) in [6, 6.07) is 0.632. The van der Waals surface area contributed by atoms with Gasteiger partial charge >= 0.3 is 0 Å². The van der Waals surface area contributed by atoms with Crippen molar-refractivity contribution in [1.82, 2.24) is 15.1 Å². The summed E-state index contributed by atoms with van der Waals surface area (Å²) in [7, 11) is 0. The molecule has 3 heterocycles. The van der Waals surface area contributed by atoms with E-state index in [1.807, 2.05) is 0 Å². The van der Waals surface area contributed by atoms with Crippen LogP contribution < -0.4 is 5.32 Å². The van der Waals surface area contributed by atoms with E-state index >= 15 is 0 Å². The van der Waals surface area contributed by atoms with Gasteiger partial charge in [0.05, 0.1) is 0 Å². The number of piperazine rings is 1. The highest BCUT2D eigenvalue weighted by molar-refractivity contribution is 5.82. The summed E-state index contributed by atoms with van der Waals surface area (Å²) in [5.74, 6) is 0.878. The molecule has 3 rings (SSSR count). The van der Waals surface area contributed by atoms with Crippen molar-refractivity contribution in [3.8, 4) is 0 Å². The lowest BCUT2D eigenvalue weighted by Crippen LogP contribution is -2.56. The van der Waals surface area contributed by atoms with E-state index in [4.69, 9.17) is 0 Å². The van der Waals surface area contributed by atoms with Crippen LogP contribution in [0.4, 0.5) is 0 Å². The van der Waals surface area contributed by atoms with E-state index in [2.05, 4.69) is 29.0 Å². The summed E-state index contributed by atoms with van der Waals surface area (Å²) in [5.41, 5.74) is -0.214. The maximum Gasteiger partial charge on any atom is 0.228 e. The molecule has 0 aliphatic carbocycles. The van der Waals surface area contributed by atoms with E-state index in [9.17, 15) is 4.79 Å². The van der Waals surface area contributed by atoms with Gasteiger partial charge < -0.3 is 10.2 Å². The first-order chi connectivity index (χ1) is 9.59. The first-order valence-corrected chi connectivity index (χ1v) is 8.33. The molecule has 2 unspecified atom stereocenters. The summed E-state index contributed by atoms with van der Waals surface area (Å²) in [5, 5.41) is 3.46. The summed E-state index contributed by atoms with van der Waals surface area (Å²) in [6.07, 6.45) is 4.98. The van der Waals surface area contributed by atoms with Crippen molar-refractivity contribution >= 4 is 5.91 Å². The number of fused-ring (bicyclic) bond motifs is 1. The fourth-order valence-electron chi connectivity index (χ4n) is 4.23. The van der Waals surface area contributed by atoms with E-state index < -0.39 is 0 Å². The Morgan fingerprint density at radius 2 is 2.00 bits per heavy atom. The highest BCUT2D eigenvalue weighted by Crippen LogP contribution is 2.35. The third-order valence-corrected chi connectivity index (χ3v) is 5.74. The molecule has 3 fully saturated rings. The van der Waals surface area contributed by atoms with Crippen LogP contribution in [0.15, 0.2) is 0 Å². The second kappa shape index (κ2) is 5.64. The minimum absolute atomic E-state index is 0.214. The van der Waals surface area contributed by atoms with Gasteiger partial charge in [0.25, 0.3) is 0 Å². The molecule has 114 valence electrons. The molecule has 0 aromatic carbocycles. The highest BCUT2D eigenvalue weighted by Gasteiger charge is 2.42. The molecule has 0 spiro atoms. The number of piperidine rings is 1. The summed E-state index contributed by atoms with van der Waals surface area (Å²) in [4.78, 5) is 17.7. The standard InChI is InChI=1S/C16H29N3O/c1-16(2,13-5-3-7-17-11-13)15(20)19-10-9-18-8-4-6-14(18)12-19/h13-14,17H,3-12H2,1-2H3. The molecule has 4 heteroatoms. The van der Waals surface area contributed by atoms with Crippen LogP contribution in [0.3, 0.4) is 0 Å². The lowest BCUT2D eigenvalue weighted by Gasteiger charge is -2.44. The Morgan fingerprint density at radius 1 is 1.15 bits per heavy atom. The van der Waals surface area contributed by atoms with Crippen molar-refractivity contribution in [2.45, 2.75) is 45.6 Å². The molecular formula is C16H29N3O. The van der Waals surface area contributed by atoms with E-state index in [1.165, 1.54) is 32.2 Å². The Kier molecular flexibility index (Phi) is 4.04. The van der Waals surface area contributed by atoms with Crippen LogP contribution in [-0.2, 0) is 4.79 Å². The van der Waals surface area contributed by atoms with E-state index in [0.29, 0.717) is 17.9 Å². The van der Waals surface area contributed by atoms with Crippen LogP contribution in [0, 0.1) is 11.3 Å². The number of nitrogens with one attached hydrogen (secondary N) is 1. The predicted octanol–water partition coefficient (Wildman–Crippen LogP) is 1.32. The predicted molar refractivity (Wildman–Crippen MR) is 80.5 cm³/mol. The molecule has 4 nitrogen and oxygen atoms in total. The van der Waals surface area contributed by atoms with Crippen molar-refractivity contribution in [3.63, 3.8) is 0 Å². The topological polar surface area (TPSA) is 35.6 Å². The average Bonchev–Trinajstić information content (AvgIpc) is 2.94. The number of rotatable bonds is 2.